The van der Waals surface area contributed by atoms with Crippen LogP contribution in [0.4, 0.5) is 0 Å². The first-order chi connectivity index (χ1) is 19.7. The minimum absolute atomic E-state index is 0.0486. The standard InChI is InChI=1S/C34H33NO5S/c1-5-39-28-17-16-23(20-27(28)34(2,3)4)31(36)29-30(35(33(38)32(29)37)21-26-15-10-18-41-26)22-11-9-14-25(19-22)40-24-12-7-6-8-13-24/h6-20,30,36H,5,21H2,1-4H3/b31-29+. The molecule has 4 aromatic rings. The highest BCUT2D eigenvalue weighted by atomic mass is 32.1. The van der Waals surface area contributed by atoms with Crippen LogP contribution in [0.5, 0.6) is 17.2 Å². The number of carbonyl (C=O) groups excluding carboxylic acids is 2. The Morgan fingerprint density at radius 1 is 0.927 bits per heavy atom. The van der Waals surface area contributed by atoms with E-state index in [0.717, 1.165) is 16.2 Å². The van der Waals surface area contributed by atoms with Crippen molar-refractivity contribution < 1.29 is 24.2 Å². The maximum absolute atomic E-state index is 13.6. The second-order valence-corrected chi connectivity index (χ2v) is 11.9. The van der Waals surface area contributed by atoms with Gasteiger partial charge in [0.25, 0.3) is 11.7 Å². The van der Waals surface area contributed by atoms with Gasteiger partial charge in [0.15, 0.2) is 0 Å². The number of ether oxygens (including phenoxy) is 2. The molecule has 41 heavy (non-hydrogen) atoms. The molecule has 0 aliphatic carbocycles. The minimum atomic E-state index is -0.805. The number of benzene rings is 3. The zero-order valence-electron chi connectivity index (χ0n) is 23.6. The van der Waals surface area contributed by atoms with E-state index >= 15 is 0 Å². The number of carbonyl (C=O) groups is 2. The first-order valence-electron chi connectivity index (χ1n) is 13.6. The number of aliphatic hydroxyl groups is 1. The zero-order valence-corrected chi connectivity index (χ0v) is 24.4. The zero-order chi connectivity index (χ0) is 29.1. The number of ketones is 1. The second kappa shape index (κ2) is 11.6. The van der Waals surface area contributed by atoms with Crippen LogP contribution in [0.3, 0.4) is 0 Å². The van der Waals surface area contributed by atoms with Crippen molar-refractivity contribution in [3.8, 4) is 17.2 Å². The first kappa shape index (κ1) is 28.2. The smallest absolute Gasteiger partial charge is 0.295 e. The van der Waals surface area contributed by atoms with Gasteiger partial charge in [-0.05, 0) is 71.8 Å². The van der Waals surface area contributed by atoms with Crippen molar-refractivity contribution in [3.05, 3.63) is 117 Å². The van der Waals surface area contributed by atoms with Gasteiger partial charge in [0, 0.05) is 16.0 Å². The van der Waals surface area contributed by atoms with Crippen LogP contribution in [0, 0.1) is 0 Å². The van der Waals surface area contributed by atoms with E-state index in [1.165, 1.54) is 16.2 Å². The van der Waals surface area contributed by atoms with Crippen molar-refractivity contribution >= 4 is 28.8 Å². The lowest BCUT2D eigenvalue weighted by molar-refractivity contribution is -0.140. The summed E-state index contributed by atoms with van der Waals surface area (Å²) in [5.41, 5.74) is 1.78. The fourth-order valence-corrected chi connectivity index (χ4v) is 5.74. The average Bonchev–Trinajstić information content (AvgIpc) is 3.55. The minimum Gasteiger partial charge on any atom is -0.507 e. The van der Waals surface area contributed by atoms with Gasteiger partial charge < -0.3 is 19.5 Å². The van der Waals surface area contributed by atoms with Gasteiger partial charge in [-0.15, -0.1) is 11.3 Å². The number of hydrogen-bond acceptors (Lipinski definition) is 6. The van der Waals surface area contributed by atoms with Crippen molar-refractivity contribution in [1.82, 2.24) is 4.90 Å². The number of thiophene rings is 1. The fraction of sp³-hybridized carbons (Fsp3) is 0.235. The van der Waals surface area contributed by atoms with Gasteiger partial charge in [0.2, 0.25) is 0 Å². The monoisotopic (exact) mass is 567 g/mol. The van der Waals surface area contributed by atoms with Crippen molar-refractivity contribution in [3.63, 3.8) is 0 Å². The average molecular weight is 568 g/mol. The van der Waals surface area contributed by atoms with E-state index in [4.69, 9.17) is 9.47 Å². The third-order valence-electron chi connectivity index (χ3n) is 6.96. The molecule has 6 nitrogen and oxygen atoms in total. The molecule has 7 heteroatoms. The molecule has 210 valence electrons. The van der Waals surface area contributed by atoms with Crippen LogP contribution in [0.2, 0.25) is 0 Å². The molecule has 1 N–H and O–H groups in total. The van der Waals surface area contributed by atoms with E-state index < -0.39 is 17.7 Å². The highest BCUT2D eigenvalue weighted by Gasteiger charge is 2.46. The summed E-state index contributed by atoms with van der Waals surface area (Å²) in [4.78, 5) is 29.6. The van der Waals surface area contributed by atoms with Crippen molar-refractivity contribution in [1.29, 1.82) is 0 Å². The Kier molecular flexibility index (Phi) is 7.99. The topological polar surface area (TPSA) is 76.1 Å². The van der Waals surface area contributed by atoms with Gasteiger partial charge in [-0.3, -0.25) is 9.59 Å². The summed E-state index contributed by atoms with van der Waals surface area (Å²) in [6, 6.07) is 25.1. The number of rotatable bonds is 8. The molecule has 1 aromatic heterocycles. The molecule has 0 radical (unpaired) electrons. The number of hydrogen-bond donors (Lipinski definition) is 1. The summed E-state index contributed by atoms with van der Waals surface area (Å²) in [7, 11) is 0. The van der Waals surface area contributed by atoms with Crippen LogP contribution in [0.25, 0.3) is 5.76 Å². The van der Waals surface area contributed by atoms with E-state index in [2.05, 4.69) is 20.8 Å². The lowest BCUT2D eigenvalue weighted by Gasteiger charge is -2.26. The van der Waals surface area contributed by atoms with E-state index in [9.17, 15) is 14.7 Å². The molecule has 2 heterocycles. The molecule has 0 spiro atoms. The molecule has 1 unspecified atom stereocenters. The van der Waals surface area contributed by atoms with Gasteiger partial charge in [0.05, 0.1) is 24.8 Å². The SMILES string of the molecule is CCOc1ccc(/C(O)=C2\C(=O)C(=O)N(Cc3cccs3)C2c2cccc(Oc3ccccc3)c2)cc1C(C)(C)C. The van der Waals surface area contributed by atoms with Crippen molar-refractivity contribution in [2.45, 2.75) is 45.7 Å². The molecular weight excluding hydrogens is 534 g/mol. The Morgan fingerprint density at radius 2 is 1.68 bits per heavy atom. The maximum atomic E-state index is 13.6. The molecule has 3 aromatic carbocycles. The number of likely N-dealkylation sites (tertiary alicyclic amines) is 1. The van der Waals surface area contributed by atoms with Gasteiger partial charge in [0.1, 0.15) is 23.0 Å². The van der Waals surface area contributed by atoms with E-state index in [1.807, 2.05) is 91.2 Å². The number of amides is 1. The summed E-state index contributed by atoms with van der Waals surface area (Å²) in [5.74, 6) is 0.362. The highest BCUT2D eigenvalue weighted by Crippen LogP contribution is 2.43. The third-order valence-corrected chi connectivity index (χ3v) is 7.82. The van der Waals surface area contributed by atoms with Crippen LogP contribution < -0.4 is 9.47 Å². The Labute approximate surface area is 244 Å². The fourth-order valence-electron chi connectivity index (χ4n) is 5.03. The quantitative estimate of drug-likeness (QED) is 0.133. The predicted octanol–water partition coefficient (Wildman–Crippen LogP) is 7.86. The highest BCUT2D eigenvalue weighted by molar-refractivity contribution is 7.09. The third kappa shape index (κ3) is 5.91. The summed E-state index contributed by atoms with van der Waals surface area (Å²) >= 11 is 1.51. The van der Waals surface area contributed by atoms with E-state index in [1.54, 1.807) is 6.07 Å². The summed E-state index contributed by atoms with van der Waals surface area (Å²) in [5, 5.41) is 13.6. The van der Waals surface area contributed by atoms with Crippen LogP contribution >= 0.6 is 11.3 Å². The van der Waals surface area contributed by atoms with Crippen LogP contribution in [-0.2, 0) is 21.5 Å². The molecule has 1 amide bonds. The largest absolute Gasteiger partial charge is 0.507 e. The second-order valence-electron chi connectivity index (χ2n) is 10.9. The first-order valence-corrected chi connectivity index (χ1v) is 14.5. The van der Waals surface area contributed by atoms with Gasteiger partial charge in [-0.2, -0.15) is 0 Å². The van der Waals surface area contributed by atoms with Gasteiger partial charge in [-0.25, -0.2) is 0 Å². The van der Waals surface area contributed by atoms with Gasteiger partial charge in [-0.1, -0.05) is 57.2 Å². The molecule has 1 aliphatic heterocycles. The molecule has 1 saturated heterocycles. The lowest BCUT2D eigenvalue weighted by atomic mass is 9.84. The van der Waals surface area contributed by atoms with Crippen molar-refractivity contribution in [2.24, 2.45) is 0 Å². The Balaban J connectivity index is 1.64. The van der Waals surface area contributed by atoms with E-state index in [0.29, 0.717) is 29.2 Å². The Bertz CT molecular complexity index is 1590. The molecule has 1 fully saturated rings. The number of para-hydroxylation sites is 1. The Hall–Kier alpha value is -4.36. The van der Waals surface area contributed by atoms with Crippen LogP contribution in [0.15, 0.2) is 95.9 Å². The molecule has 0 saturated carbocycles. The maximum Gasteiger partial charge on any atom is 0.295 e. The molecule has 1 aliphatic rings. The van der Waals surface area contributed by atoms with Crippen LogP contribution in [-0.4, -0.2) is 28.3 Å². The normalized spacial score (nSPS) is 16.7. The van der Waals surface area contributed by atoms with Crippen molar-refractivity contribution in [2.75, 3.05) is 6.61 Å². The molecular formula is C34H33NO5S. The van der Waals surface area contributed by atoms with E-state index in [-0.39, 0.29) is 23.3 Å². The predicted molar refractivity (Wildman–Crippen MR) is 161 cm³/mol. The summed E-state index contributed by atoms with van der Waals surface area (Å²) < 4.78 is 11.9. The molecule has 5 rings (SSSR count). The molecule has 1 atom stereocenters. The number of aliphatic hydroxyl groups excluding tert-OH is 1. The summed E-state index contributed by atoms with van der Waals surface area (Å²) in [6.07, 6.45) is 0. The summed E-state index contributed by atoms with van der Waals surface area (Å²) in [6.45, 7) is 8.85. The van der Waals surface area contributed by atoms with Crippen LogP contribution in [0.1, 0.15) is 55.3 Å². The number of Topliss-reactive ketones (excluding diaryl/α,β-unsaturated/α-hetero) is 1. The number of nitrogens with zero attached hydrogens (tertiary/aromatic N) is 1. The van der Waals surface area contributed by atoms with Gasteiger partial charge >= 0.3 is 0 Å². The lowest BCUT2D eigenvalue weighted by Crippen LogP contribution is -2.28. The molecule has 0 bridgehead atoms. The Morgan fingerprint density at radius 3 is 2.37 bits per heavy atom.